The molecule has 0 bridgehead atoms. The minimum Gasteiger partial charge on any atom is -0.457 e. The van der Waals surface area contributed by atoms with Crippen LogP contribution in [0.4, 0.5) is 5.69 Å². The van der Waals surface area contributed by atoms with Gasteiger partial charge in [-0.2, -0.15) is 0 Å². The van der Waals surface area contributed by atoms with Crippen molar-refractivity contribution in [2.75, 3.05) is 7.11 Å². The van der Waals surface area contributed by atoms with Crippen LogP contribution in [-0.4, -0.2) is 22.0 Å². The van der Waals surface area contributed by atoms with Gasteiger partial charge in [0.25, 0.3) is 5.69 Å². The molecule has 2 heterocycles. The minimum absolute atomic E-state index is 0.0455. The second kappa shape index (κ2) is 6.94. The summed E-state index contributed by atoms with van der Waals surface area (Å²) in [6.07, 6.45) is 1.82. The van der Waals surface area contributed by atoms with Crippen LogP contribution in [0.25, 0.3) is 21.8 Å². The third-order valence-corrected chi connectivity index (χ3v) is 4.81. The number of nitrogens with zero attached hydrogens (tertiary/aromatic N) is 2. The molecule has 0 spiro atoms. The Kier molecular flexibility index (Phi) is 4.44. The van der Waals surface area contributed by atoms with Gasteiger partial charge >= 0.3 is 0 Å². The van der Waals surface area contributed by atoms with Crippen LogP contribution in [0.5, 0.6) is 11.5 Å². The lowest BCUT2D eigenvalue weighted by Gasteiger charge is -2.09. The fourth-order valence-corrected chi connectivity index (χ4v) is 3.41. The SMILES string of the molecule is COCc1c(C)ncc2[nH]c3ccc(Oc4ccc([N+](=O)[O-])cc4C)cc3c12. The van der Waals surface area contributed by atoms with E-state index in [2.05, 4.69) is 9.97 Å². The van der Waals surface area contributed by atoms with E-state index in [1.807, 2.05) is 31.3 Å². The Balaban J connectivity index is 1.80. The number of hydrogen-bond acceptors (Lipinski definition) is 5. The van der Waals surface area contributed by atoms with E-state index in [4.69, 9.17) is 9.47 Å². The molecule has 4 aromatic rings. The molecule has 0 atom stereocenters. The Hall–Kier alpha value is -3.45. The molecule has 0 aliphatic rings. The maximum absolute atomic E-state index is 10.9. The summed E-state index contributed by atoms with van der Waals surface area (Å²) in [6.45, 7) is 4.22. The zero-order valence-electron chi connectivity index (χ0n) is 15.8. The van der Waals surface area contributed by atoms with E-state index in [-0.39, 0.29) is 5.69 Å². The number of fused-ring (bicyclic) bond motifs is 3. The standard InChI is InChI=1S/C21H19N3O4/c1-12-8-14(24(25)26)4-7-20(12)28-15-5-6-18-16(9-15)21-17(11-27-3)13(2)22-10-19(21)23-18/h4-10,23H,11H2,1-3H3. The lowest BCUT2D eigenvalue weighted by Crippen LogP contribution is -1.95. The number of pyridine rings is 1. The highest BCUT2D eigenvalue weighted by Gasteiger charge is 2.14. The van der Waals surface area contributed by atoms with Gasteiger partial charge in [0.2, 0.25) is 0 Å². The summed E-state index contributed by atoms with van der Waals surface area (Å²) in [5.74, 6) is 1.24. The Bertz CT molecular complexity index is 1210. The van der Waals surface area contributed by atoms with E-state index < -0.39 is 4.92 Å². The molecule has 7 heteroatoms. The van der Waals surface area contributed by atoms with Crippen molar-refractivity contribution in [2.24, 2.45) is 0 Å². The van der Waals surface area contributed by atoms with E-state index in [0.29, 0.717) is 23.7 Å². The highest BCUT2D eigenvalue weighted by atomic mass is 16.6. The van der Waals surface area contributed by atoms with Crippen molar-refractivity contribution in [1.29, 1.82) is 0 Å². The summed E-state index contributed by atoms with van der Waals surface area (Å²) < 4.78 is 11.4. The second-order valence-electron chi connectivity index (χ2n) is 6.69. The molecule has 142 valence electrons. The first-order valence-corrected chi connectivity index (χ1v) is 8.79. The predicted molar refractivity (Wildman–Crippen MR) is 107 cm³/mol. The largest absolute Gasteiger partial charge is 0.457 e. The van der Waals surface area contributed by atoms with Crippen LogP contribution in [0.3, 0.4) is 0 Å². The van der Waals surface area contributed by atoms with Crippen LogP contribution in [0.2, 0.25) is 0 Å². The summed E-state index contributed by atoms with van der Waals surface area (Å²) in [7, 11) is 1.67. The van der Waals surface area contributed by atoms with Crippen molar-refractivity contribution in [3.63, 3.8) is 0 Å². The third kappa shape index (κ3) is 3.05. The van der Waals surface area contributed by atoms with Gasteiger partial charge in [-0.05, 0) is 43.7 Å². The number of ether oxygens (including phenoxy) is 2. The van der Waals surface area contributed by atoms with Crippen molar-refractivity contribution < 1.29 is 14.4 Å². The van der Waals surface area contributed by atoms with Crippen LogP contribution in [0.1, 0.15) is 16.8 Å². The van der Waals surface area contributed by atoms with Gasteiger partial charge in [-0.15, -0.1) is 0 Å². The fraction of sp³-hybridized carbons (Fsp3) is 0.190. The molecule has 0 fully saturated rings. The number of rotatable bonds is 5. The van der Waals surface area contributed by atoms with E-state index in [1.54, 1.807) is 20.1 Å². The maximum Gasteiger partial charge on any atom is 0.269 e. The minimum atomic E-state index is -0.414. The molecular weight excluding hydrogens is 358 g/mol. The summed E-state index contributed by atoms with van der Waals surface area (Å²) in [4.78, 5) is 18.3. The van der Waals surface area contributed by atoms with Crippen LogP contribution in [-0.2, 0) is 11.3 Å². The molecular formula is C21H19N3O4. The normalized spacial score (nSPS) is 11.2. The van der Waals surface area contributed by atoms with Crippen LogP contribution < -0.4 is 4.74 Å². The summed E-state index contributed by atoms with van der Waals surface area (Å²) in [5, 5.41) is 13.0. The first-order valence-electron chi connectivity index (χ1n) is 8.79. The Morgan fingerprint density at radius 1 is 1.14 bits per heavy atom. The van der Waals surface area contributed by atoms with Crippen molar-refractivity contribution in [1.82, 2.24) is 9.97 Å². The lowest BCUT2D eigenvalue weighted by atomic mass is 10.1. The molecule has 0 amide bonds. The van der Waals surface area contributed by atoms with Gasteiger partial charge in [-0.1, -0.05) is 0 Å². The van der Waals surface area contributed by atoms with Gasteiger partial charge < -0.3 is 14.5 Å². The average Bonchev–Trinajstić information content (AvgIpc) is 3.04. The molecule has 1 N–H and O–H groups in total. The number of nitrogens with one attached hydrogen (secondary N) is 1. The number of aromatic nitrogens is 2. The first-order chi connectivity index (χ1) is 13.5. The highest BCUT2D eigenvalue weighted by Crippen LogP contribution is 2.34. The van der Waals surface area contributed by atoms with E-state index in [1.165, 1.54) is 12.1 Å². The Morgan fingerprint density at radius 2 is 1.96 bits per heavy atom. The predicted octanol–water partition coefficient (Wildman–Crippen LogP) is 5.18. The fourth-order valence-electron chi connectivity index (χ4n) is 3.41. The monoisotopic (exact) mass is 377 g/mol. The lowest BCUT2D eigenvalue weighted by molar-refractivity contribution is -0.384. The maximum atomic E-state index is 10.9. The number of aryl methyl sites for hydroxylation is 2. The summed E-state index contributed by atoms with van der Waals surface area (Å²) in [6, 6.07) is 10.4. The summed E-state index contributed by atoms with van der Waals surface area (Å²) in [5.41, 5.74) is 4.63. The van der Waals surface area contributed by atoms with Crippen LogP contribution >= 0.6 is 0 Å². The quantitative estimate of drug-likeness (QED) is 0.382. The van der Waals surface area contributed by atoms with E-state index in [9.17, 15) is 10.1 Å². The molecule has 2 aromatic heterocycles. The van der Waals surface area contributed by atoms with Crippen molar-refractivity contribution in [2.45, 2.75) is 20.5 Å². The molecule has 7 nitrogen and oxygen atoms in total. The number of nitro groups is 1. The topological polar surface area (TPSA) is 90.3 Å². The van der Waals surface area contributed by atoms with Gasteiger partial charge in [0.1, 0.15) is 11.5 Å². The van der Waals surface area contributed by atoms with Gasteiger partial charge in [0.05, 0.1) is 23.2 Å². The number of non-ortho nitro benzene ring substituents is 1. The number of aromatic amines is 1. The van der Waals surface area contributed by atoms with E-state index in [0.717, 1.165) is 33.1 Å². The molecule has 0 saturated carbocycles. The number of nitro benzene ring substituents is 1. The number of H-pyrrole nitrogens is 1. The zero-order valence-corrected chi connectivity index (χ0v) is 15.8. The Labute approximate surface area is 161 Å². The van der Waals surface area contributed by atoms with Crippen LogP contribution in [0.15, 0.2) is 42.6 Å². The van der Waals surface area contributed by atoms with Gasteiger partial charge in [-0.3, -0.25) is 15.1 Å². The molecule has 0 aliphatic carbocycles. The van der Waals surface area contributed by atoms with Crippen molar-refractivity contribution in [3.05, 3.63) is 69.5 Å². The number of benzene rings is 2. The number of methoxy groups -OCH3 is 1. The molecule has 0 radical (unpaired) electrons. The molecule has 28 heavy (non-hydrogen) atoms. The molecule has 2 aromatic carbocycles. The molecule has 0 saturated heterocycles. The number of hydrogen-bond donors (Lipinski definition) is 1. The van der Waals surface area contributed by atoms with Crippen molar-refractivity contribution >= 4 is 27.5 Å². The summed E-state index contributed by atoms with van der Waals surface area (Å²) >= 11 is 0. The molecule has 0 unspecified atom stereocenters. The van der Waals surface area contributed by atoms with E-state index >= 15 is 0 Å². The van der Waals surface area contributed by atoms with Crippen LogP contribution in [0, 0.1) is 24.0 Å². The first kappa shape index (κ1) is 17.9. The van der Waals surface area contributed by atoms with Gasteiger partial charge in [0.15, 0.2) is 0 Å². The van der Waals surface area contributed by atoms with Gasteiger partial charge in [-0.25, -0.2) is 0 Å². The average molecular weight is 377 g/mol. The second-order valence-corrected chi connectivity index (χ2v) is 6.69. The van der Waals surface area contributed by atoms with Gasteiger partial charge in [0, 0.05) is 46.8 Å². The highest BCUT2D eigenvalue weighted by molar-refractivity contribution is 6.09. The Morgan fingerprint density at radius 3 is 2.68 bits per heavy atom. The van der Waals surface area contributed by atoms with Crippen molar-refractivity contribution in [3.8, 4) is 11.5 Å². The zero-order chi connectivity index (χ0) is 19.8. The molecule has 0 aliphatic heterocycles. The smallest absolute Gasteiger partial charge is 0.269 e. The molecule has 4 rings (SSSR count). The third-order valence-electron chi connectivity index (χ3n) is 4.81.